The van der Waals surface area contributed by atoms with E-state index in [9.17, 15) is 4.79 Å². The third kappa shape index (κ3) is 4.11. The highest BCUT2D eigenvalue weighted by Crippen LogP contribution is 2.20. The molecule has 1 amide bonds. The predicted molar refractivity (Wildman–Crippen MR) is 105 cm³/mol. The zero-order valence-corrected chi connectivity index (χ0v) is 15.6. The fourth-order valence-corrected chi connectivity index (χ4v) is 3.44. The summed E-state index contributed by atoms with van der Waals surface area (Å²) >= 11 is 5.96. The smallest absolute Gasteiger partial charge is 0.253 e. The number of carbonyl (C=O) groups excluding carboxylic acids is 1. The molecule has 4 rings (SSSR count). The molecule has 27 heavy (non-hydrogen) atoms. The summed E-state index contributed by atoms with van der Waals surface area (Å²) in [5.41, 5.74) is 2.89. The summed E-state index contributed by atoms with van der Waals surface area (Å²) in [4.78, 5) is 17.1. The summed E-state index contributed by atoms with van der Waals surface area (Å²) in [6, 6.07) is 15.6. The lowest BCUT2D eigenvalue weighted by Gasteiger charge is -2.36. The van der Waals surface area contributed by atoms with Gasteiger partial charge in [-0.2, -0.15) is 0 Å². The van der Waals surface area contributed by atoms with Gasteiger partial charge >= 0.3 is 0 Å². The molecule has 0 aliphatic carbocycles. The van der Waals surface area contributed by atoms with Crippen LogP contribution in [-0.4, -0.2) is 52.0 Å². The number of hydrogen-bond acceptors (Lipinski definition) is 4. The van der Waals surface area contributed by atoms with Crippen molar-refractivity contribution < 1.29 is 4.79 Å². The molecule has 6 nitrogen and oxygen atoms in total. The van der Waals surface area contributed by atoms with E-state index in [1.807, 2.05) is 59.6 Å². The van der Waals surface area contributed by atoms with Gasteiger partial charge in [-0.3, -0.25) is 4.79 Å². The van der Waals surface area contributed by atoms with E-state index < -0.39 is 0 Å². The molecule has 1 aliphatic rings. The van der Waals surface area contributed by atoms with Gasteiger partial charge in [0.15, 0.2) is 0 Å². The van der Waals surface area contributed by atoms with Gasteiger partial charge in [0, 0.05) is 48.6 Å². The van der Waals surface area contributed by atoms with Crippen LogP contribution in [0.4, 0.5) is 5.69 Å². The normalized spacial score (nSPS) is 14.4. The molecule has 2 aromatic carbocycles. The summed E-state index contributed by atoms with van der Waals surface area (Å²) in [5, 5.41) is 8.52. The Morgan fingerprint density at radius 1 is 1.04 bits per heavy atom. The molecule has 1 fully saturated rings. The van der Waals surface area contributed by atoms with Crippen LogP contribution >= 0.6 is 11.6 Å². The van der Waals surface area contributed by atoms with Crippen LogP contribution in [0.3, 0.4) is 0 Å². The van der Waals surface area contributed by atoms with E-state index in [-0.39, 0.29) is 5.91 Å². The molecular formula is C20H20ClN5O. The average molecular weight is 382 g/mol. The van der Waals surface area contributed by atoms with Crippen LogP contribution in [0.1, 0.15) is 15.9 Å². The minimum atomic E-state index is 0.0752. The number of rotatable bonds is 4. The van der Waals surface area contributed by atoms with Crippen molar-refractivity contribution in [1.82, 2.24) is 19.9 Å². The Morgan fingerprint density at radius 3 is 2.52 bits per heavy atom. The zero-order chi connectivity index (χ0) is 18.6. The fourth-order valence-electron chi connectivity index (χ4n) is 3.31. The van der Waals surface area contributed by atoms with Gasteiger partial charge in [0.25, 0.3) is 5.91 Å². The maximum atomic E-state index is 12.9. The Bertz CT molecular complexity index is 902. The molecule has 1 saturated heterocycles. The van der Waals surface area contributed by atoms with Crippen molar-refractivity contribution in [3.63, 3.8) is 0 Å². The summed E-state index contributed by atoms with van der Waals surface area (Å²) in [5.74, 6) is 0.0752. The molecule has 0 N–H and O–H groups in total. The minimum Gasteiger partial charge on any atom is -0.368 e. The maximum absolute atomic E-state index is 12.9. The molecular weight excluding hydrogens is 362 g/mol. The average Bonchev–Trinajstić information content (AvgIpc) is 3.21. The quantitative estimate of drug-likeness (QED) is 0.697. The molecule has 3 aromatic rings. The van der Waals surface area contributed by atoms with Crippen molar-refractivity contribution in [2.75, 3.05) is 31.1 Å². The Morgan fingerprint density at radius 2 is 1.81 bits per heavy atom. The highest BCUT2D eigenvalue weighted by Gasteiger charge is 2.22. The SMILES string of the molecule is O=C(c1cccc(Cn2ccnn2)c1)N1CCN(c2ccc(Cl)cc2)CC1. The first-order valence-corrected chi connectivity index (χ1v) is 9.30. The number of amides is 1. The Kier molecular flexibility index (Phi) is 5.07. The first-order valence-electron chi connectivity index (χ1n) is 8.92. The van der Waals surface area contributed by atoms with Gasteiger partial charge in [0.1, 0.15) is 0 Å². The number of nitrogens with zero attached hydrogens (tertiary/aromatic N) is 5. The summed E-state index contributed by atoms with van der Waals surface area (Å²) in [6.45, 7) is 3.63. The van der Waals surface area contributed by atoms with Gasteiger partial charge in [-0.15, -0.1) is 5.10 Å². The van der Waals surface area contributed by atoms with Crippen molar-refractivity contribution in [2.24, 2.45) is 0 Å². The fraction of sp³-hybridized carbons (Fsp3) is 0.250. The molecule has 7 heteroatoms. The van der Waals surface area contributed by atoms with E-state index in [4.69, 9.17) is 11.6 Å². The van der Waals surface area contributed by atoms with Crippen LogP contribution in [0.25, 0.3) is 0 Å². The van der Waals surface area contributed by atoms with Crippen LogP contribution in [0.2, 0.25) is 5.02 Å². The minimum absolute atomic E-state index is 0.0752. The van der Waals surface area contributed by atoms with Crippen LogP contribution < -0.4 is 4.90 Å². The second-order valence-electron chi connectivity index (χ2n) is 6.56. The lowest BCUT2D eigenvalue weighted by atomic mass is 10.1. The molecule has 0 saturated carbocycles. The van der Waals surface area contributed by atoms with Crippen molar-refractivity contribution >= 4 is 23.2 Å². The maximum Gasteiger partial charge on any atom is 0.253 e. The summed E-state index contributed by atoms with van der Waals surface area (Å²) in [6.07, 6.45) is 3.46. The molecule has 0 radical (unpaired) electrons. The van der Waals surface area contributed by atoms with Gasteiger partial charge in [-0.25, -0.2) is 4.68 Å². The number of piperazine rings is 1. The van der Waals surface area contributed by atoms with Crippen LogP contribution in [0, 0.1) is 0 Å². The van der Waals surface area contributed by atoms with E-state index in [0.29, 0.717) is 25.2 Å². The van der Waals surface area contributed by atoms with Gasteiger partial charge < -0.3 is 9.80 Å². The lowest BCUT2D eigenvalue weighted by molar-refractivity contribution is 0.0746. The van der Waals surface area contributed by atoms with Gasteiger partial charge in [0.05, 0.1) is 12.7 Å². The van der Waals surface area contributed by atoms with Crippen molar-refractivity contribution in [2.45, 2.75) is 6.54 Å². The third-order valence-electron chi connectivity index (χ3n) is 4.75. The Labute approximate surface area is 163 Å². The first kappa shape index (κ1) is 17.5. The molecule has 2 heterocycles. The molecule has 1 aliphatic heterocycles. The molecule has 0 atom stereocenters. The molecule has 1 aromatic heterocycles. The van der Waals surface area contributed by atoms with Crippen molar-refractivity contribution in [3.05, 3.63) is 77.1 Å². The number of anilines is 1. The molecule has 0 spiro atoms. The van der Waals surface area contributed by atoms with Crippen molar-refractivity contribution in [1.29, 1.82) is 0 Å². The van der Waals surface area contributed by atoms with E-state index in [1.165, 1.54) is 0 Å². The molecule has 0 unspecified atom stereocenters. The summed E-state index contributed by atoms with van der Waals surface area (Å²) < 4.78 is 1.74. The van der Waals surface area contributed by atoms with Crippen LogP contribution in [0.15, 0.2) is 60.9 Å². The summed E-state index contributed by atoms with van der Waals surface area (Å²) in [7, 11) is 0. The molecule has 0 bridgehead atoms. The largest absolute Gasteiger partial charge is 0.368 e. The number of benzene rings is 2. The van der Waals surface area contributed by atoms with E-state index in [0.717, 1.165) is 29.4 Å². The number of hydrogen-bond donors (Lipinski definition) is 0. The lowest BCUT2D eigenvalue weighted by Crippen LogP contribution is -2.48. The topological polar surface area (TPSA) is 54.3 Å². The second-order valence-corrected chi connectivity index (χ2v) is 6.99. The zero-order valence-electron chi connectivity index (χ0n) is 14.8. The first-order chi connectivity index (χ1) is 13.2. The number of aromatic nitrogens is 3. The van der Waals surface area contributed by atoms with Crippen molar-refractivity contribution in [3.8, 4) is 0 Å². The van der Waals surface area contributed by atoms with E-state index >= 15 is 0 Å². The Hall–Kier alpha value is -2.86. The van der Waals surface area contributed by atoms with Crippen LogP contribution in [-0.2, 0) is 6.54 Å². The highest BCUT2D eigenvalue weighted by molar-refractivity contribution is 6.30. The van der Waals surface area contributed by atoms with E-state index in [1.54, 1.807) is 10.9 Å². The predicted octanol–water partition coefficient (Wildman–Crippen LogP) is 2.94. The van der Waals surface area contributed by atoms with Crippen LogP contribution in [0.5, 0.6) is 0 Å². The Balaban J connectivity index is 1.40. The number of halogens is 1. The third-order valence-corrected chi connectivity index (χ3v) is 5.00. The highest BCUT2D eigenvalue weighted by atomic mass is 35.5. The second kappa shape index (κ2) is 7.80. The van der Waals surface area contributed by atoms with Gasteiger partial charge in [-0.05, 0) is 42.0 Å². The monoisotopic (exact) mass is 381 g/mol. The van der Waals surface area contributed by atoms with Gasteiger partial charge in [-0.1, -0.05) is 28.9 Å². The molecule has 138 valence electrons. The van der Waals surface area contributed by atoms with E-state index in [2.05, 4.69) is 15.2 Å². The van der Waals surface area contributed by atoms with Gasteiger partial charge in [0.2, 0.25) is 0 Å². The number of carbonyl (C=O) groups is 1. The standard InChI is InChI=1S/C20H20ClN5O/c21-18-4-6-19(7-5-18)24-10-12-25(13-11-24)20(27)17-3-1-2-16(14-17)15-26-9-8-22-23-26/h1-9,14H,10-13,15H2.